The van der Waals surface area contributed by atoms with Crippen LogP contribution in [0.4, 0.5) is 11.6 Å². The number of aromatic nitrogens is 3. The van der Waals surface area contributed by atoms with Crippen LogP contribution in [0.1, 0.15) is 19.3 Å². The highest BCUT2D eigenvalue weighted by Gasteiger charge is 2.17. The van der Waals surface area contributed by atoms with E-state index in [-0.39, 0.29) is 0 Å². The Kier molecular flexibility index (Phi) is 3.26. The molecule has 1 aliphatic carbocycles. The second kappa shape index (κ2) is 5.28. The normalized spacial score (nSPS) is 15.0. The molecule has 0 amide bonds. The molecule has 1 aliphatic rings. The van der Waals surface area contributed by atoms with E-state index < -0.39 is 0 Å². The molecule has 1 saturated carbocycles. The molecule has 0 radical (unpaired) electrons. The van der Waals surface area contributed by atoms with Gasteiger partial charge in [0.05, 0.1) is 5.52 Å². The van der Waals surface area contributed by atoms with Crippen molar-refractivity contribution in [3.63, 3.8) is 0 Å². The van der Waals surface area contributed by atoms with Gasteiger partial charge in [-0.15, -0.1) is 0 Å². The molecule has 3 aromatic rings. The van der Waals surface area contributed by atoms with Gasteiger partial charge < -0.3 is 11.1 Å². The van der Waals surface area contributed by atoms with Crippen LogP contribution in [0.25, 0.3) is 22.0 Å². The van der Waals surface area contributed by atoms with Crippen LogP contribution in [-0.4, -0.2) is 21.2 Å². The SMILES string of the molecule is Nc1n[nH]c2c(Br)cc(-c3ccnc(NC4CCC4)c3)cc12. The highest BCUT2D eigenvalue weighted by molar-refractivity contribution is 9.10. The van der Waals surface area contributed by atoms with Crippen LogP contribution in [-0.2, 0) is 0 Å². The molecule has 1 aromatic carbocycles. The summed E-state index contributed by atoms with van der Waals surface area (Å²) in [5.74, 6) is 1.44. The Balaban J connectivity index is 1.74. The van der Waals surface area contributed by atoms with Gasteiger partial charge >= 0.3 is 0 Å². The van der Waals surface area contributed by atoms with Crippen molar-refractivity contribution in [1.82, 2.24) is 15.2 Å². The van der Waals surface area contributed by atoms with E-state index in [4.69, 9.17) is 5.73 Å². The molecule has 22 heavy (non-hydrogen) atoms. The number of nitrogen functional groups attached to an aromatic ring is 1. The molecular weight excluding hydrogens is 342 g/mol. The quantitative estimate of drug-likeness (QED) is 0.663. The maximum atomic E-state index is 5.93. The van der Waals surface area contributed by atoms with Crippen LogP contribution in [0.15, 0.2) is 34.9 Å². The molecule has 0 spiro atoms. The van der Waals surface area contributed by atoms with E-state index in [9.17, 15) is 0 Å². The smallest absolute Gasteiger partial charge is 0.153 e. The number of rotatable bonds is 3. The van der Waals surface area contributed by atoms with Crippen molar-refractivity contribution < 1.29 is 0 Å². The number of nitrogens with zero attached hydrogens (tertiary/aromatic N) is 2. The van der Waals surface area contributed by atoms with E-state index in [0.717, 1.165) is 32.3 Å². The van der Waals surface area contributed by atoms with Gasteiger partial charge in [0.15, 0.2) is 5.82 Å². The summed E-state index contributed by atoms with van der Waals surface area (Å²) in [7, 11) is 0. The Labute approximate surface area is 136 Å². The van der Waals surface area contributed by atoms with Gasteiger partial charge in [-0.25, -0.2) is 4.98 Å². The van der Waals surface area contributed by atoms with E-state index in [2.05, 4.69) is 54.6 Å². The molecule has 2 heterocycles. The zero-order chi connectivity index (χ0) is 15.1. The third kappa shape index (κ3) is 2.33. The van der Waals surface area contributed by atoms with Crippen molar-refractivity contribution in [2.24, 2.45) is 0 Å². The van der Waals surface area contributed by atoms with Crippen LogP contribution in [0.5, 0.6) is 0 Å². The first-order valence-electron chi connectivity index (χ1n) is 7.37. The topological polar surface area (TPSA) is 79.6 Å². The average Bonchev–Trinajstić information content (AvgIpc) is 2.86. The van der Waals surface area contributed by atoms with E-state index >= 15 is 0 Å². The van der Waals surface area contributed by atoms with E-state index in [1.807, 2.05) is 12.3 Å². The molecule has 0 saturated heterocycles. The number of hydrogen-bond donors (Lipinski definition) is 3. The molecule has 112 valence electrons. The van der Waals surface area contributed by atoms with Gasteiger partial charge in [0.2, 0.25) is 0 Å². The molecular formula is C16H16BrN5. The van der Waals surface area contributed by atoms with Gasteiger partial charge in [-0.2, -0.15) is 5.10 Å². The summed E-state index contributed by atoms with van der Waals surface area (Å²) in [5, 5.41) is 11.4. The first-order valence-corrected chi connectivity index (χ1v) is 8.16. The molecule has 4 N–H and O–H groups in total. The zero-order valence-electron chi connectivity index (χ0n) is 11.9. The number of aromatic amines is 1. The van der Waals surface area contributed by atoms with Crippen LogP contribution < -0.4 is 11.1 Å². The summed E-state index contributed by atoms with van der Waals surface area (Å²) in [6.45, 7) is 0. The molecule has 2 aromatic heterocycles. The summed E-state index contributed by atoms with van der Waals surface area (Å²) >= 11 is 3.58. The second-order valence-corrected chi connectivity index (χ2v) is 6.55. The zero-order valence-corrected chi connectivity index (χ0v) is 13.5. The summed E-state index contributed by atoms with van der Waals surface area (Å²) in [4.78, 5) is 4.41. The Morgan fingerprint density at radius 2 is 2.09 bits per heavy atom. The fourth-order valence-corrected chi connectivity index (χ4v) is 3.26. The van der Waals surface area contributed by atoms with Crippen LogP contribution in [0, 0.1) is 0 Å². The van der Waals surface area contributed by atoms with E-state index in [1.54, 1.807) is 0 Å². The highest BCUT2D eigenvalue weighted by Crippen LogP contribution is 2.33. The summed E-state index contributed by atoms with van der Waals surface area (Å²) in [6.07, 6.45) is 5.61. The monoisotopic (exact) mass is 357 g/mol. The maximum absolute atomic E-state index is 5.93. The van der Waals surface area contributed by atoms with E-state index in [1.165, 1.54) is 19.3 Å². The third-order valence-corrected chi connectivity index (χ3v) is 4.83. The second-order valence-electron chi connectivity index (χ2n) is 5.69. The van der Waals surface area contributed by atoms with Gasteiger partial charge in [0.25, 0.3) is 0 Å². The summed E-state index contributed by atoms with van der Waals surface area (Å²) in [5.41, 5.74) is 9.05. The number of nitrogens with two attached hydrogens (primary N) is 1. The minimum atomic E-state index is 0.513. The third-order valence-electron chi connectivity index (χ3n) is 4.20. The molecule has 0 atom stereocenters. The van der Waals surface area contributed by atoms with Crippen molar-refractivity contribution in [1.29, 1.82) is 0 Å². The van der Waals surface area contributed by atoms with Gasteiger partial charge in [-0.05, 0) is 70.6 Å². The van der Waals surface area contributed by atoms with Crippen LogP contribution in [0.3, 0.4) is 0 Å². The molecule has 0 bridgehead atoms. The first kappa shape index (κ1) is 13.6. The molecule has 0 unspecified atom stereocenters. The number of pyridine rings is 1. The number of H-pyrrole nitrogens is 1. The Morgan fingerprint density at radius 1 is 1.23 bits per heavy atom. The number of nitrogens with one attached hydrogen (secondary N) is 2. The van der Waals surface area contributed by atoms with Crippen molar-refractivity contribution in [3.8, 4) is 11.1 Å². The van der Waals surface area contributed by atoms with Crippen molar-refractivity contribution in [2.75, 3.05) is 11.1 Å². The average molecular weight is 358 g/mol. The minimum absolute atomic E-state index is 0.513. The predicted molar refractivity (Wildman–Crippen MR) is 92.7 cm³/mol. The lowest BCUT2D eigenvalue weighted by Crippen LogP contribution is -2.27. The molecule has 5 nitrogen and oxygen atoms in total. The largest absolute Gasteiger partial charge is 0.382 e. The lowest BCUT2D eigenvalue weighted by atomic mass is 9.93. The van der Waals surface area contributed by atoms with Crippen molar-refractivity contribution in [3.05, 3.63) is 34.9 Å². The maximum Gasteiger partial charge on any atom is 0.153 e. The lowest BCUT2D eigenvalue weighted by molar-refractivity contribution is 0.444. The van der Waals surface area contributed by atoms with Crippen molar-refractivity contribution >= 4 is 38.5 Å². The molecule has 6 heteroatoms. The fourth-order valence-electron chi connectivity index (χ4n) is 2.72. The number of fused-ring (bicyclic) bond motifs is 1. The number of halogens is 1. The number of hydrogen-bond acceptors (Lipinski definition) is 4. The van der Waals surface area contributed by atoms with Gasteiger partial charge in [-0.3, -0.25) is 5.10 Å². The van der Waals surface area contributed by atoms with Gasteiger partial charge in [0.1, 0.15) is 5.82 Å². The van der Waals surface area contributed by atoms with Gasteiger partial charge in [-0.1, -0.05) is 0 Å². The van der Waals surface area contributed by atoms with E-state index in [0.29, 0.717) is 11.9 Å². The summed E-state index contributed by atoms with van der Waals surface area (Å²) in [6, 6.07) is 8.79. The Bertz CT molecular complexity index is 838. The number of anilines is 2. The first-order chi connectivity index (χ1) is 10.7. The van der Waals surface area contributed by atoms with Gasteiger partial charge in [0, 0.05) is 22.1 Å². The molecule has 1 fully saturated rings. The highest BCUT2D eigenvalue weighted by atomic mass is 79.9. The Hall–Kier alpha value is -2.08. The minimum Gasteiger partial charge on any atom is -0.382 e. The number of benzene rings is 1. The van der Waals surface area contributed by atoms with Crippen LogP contribution in [0.2, 0.25) is 0 Å². The Morgan fingerprint density at radius 3 is 2.86 bits per heavy atom. The molecule has 0 aliphatic heterocycles. The summed E-state index contributed by atoms with van der Waals surface area (Å²) < 4.78 is 0.953. The fraction of sp³-hybridized carbons (Fsp3) is 0.250. The standard InChI is InChI=1S/C16H16BrN5/c17-13-7-10(6-12-15(13)21-22-16(12)18)9-4-5-19-14(8-9)20-11-2-1-3-11/h4-8,11H,1-3H2,(H,19,20)(H3,18,21,22). The predicted octanol–water partition coefficient (Wildman–Crippen LogP) is 3.93. The van der Waals surface area contributed by atoms with Crippen LogP contribution >= 0.6 is 15.9 Å². The molecule has 4 rings (SSSR count). The lowest BCUT2D eigenvalue weighted by Gasteiger charge is -2.27. The van der Waals surface area contributed by atoms with Crippen molar-refractivity contribution in [2.45, 2.75) is 25.3 Å².